The Hall–Kier alpha value is -2.32. The second kappa shape index (κ2) is 5.35. The van der Waals surface area contributed by atoms with E-state index in [2.05, 4.69) is 0 Å². The molecule has 2 aromatic rings. The van der Waals surface area contributed by atoms with Gasteiger partial charge in [0.1, 0.15) is 10.6 Å². The van der Waals surface area contributed by atoms with Gasteiger partial charge in [0.2, 0.25) is 0 Å². The SMILES string of the molecule is Cc1ccc(S(=O)(=O)Oc2cccc(C#N)c2)c(C)c1. The van der Waals surface area contributed by atoms with Gasteiger partial charge in [-0.25, -0.2) is 0 Å². The number of hydrogen-bond donors (Lipinski definition) is 0. The number of nitriles is 1. The van der Waals surface area contributed by atoms with Crippen molar-refractivity contribution in [3.63, 3.8) is 0 Å². The molecule has 0 heterocycles. The third-order valence-corrected chi connectivity index (χ3v) is 4.18. The Morgan fingerprint density at radius 2 is 1.85 bits per heavy atom. The Morgan fingerprint density at radius 3 is 2.50 bits per heavy atom. The van der Waals surface area contributed by atoms with Crippen LogP contribution in [0.4, 0.5) is 0 Å². The fraction of sp³-hybridized carbons (Fsp3) is 0.133. The number of nitrogens with zero attached hydrogens (tertiary/aromatic N) is 1. The number of hydrogen-bond acceptors (Lipinski definition) is 4. The van der Waals surface area contributed by atoms with Crippen LogP contribution in [0.25, 0.3) is 0 Å². The van der Waals surface area contributed by atoms with E-state index in [1.54, 1.807) is 31.2 Å². The summed E-state index contributed by atoms with van der Waals surface area (Å²) in [5.74, 6) is 0.129. The van der Waals surface area contributed by atoms with Gasteiger partial charge in [-0.05, 0) is 43.7 Å². The molecular weight excluding hydrogens is 274 g/mol. The minimum Gasteiger partial charge on any atom is -0.379 e. The quantitative estimate of drug-likeness (QED) is 0.814. The van der Waals surface area contributed by atoms with Crippen LogP contribution < -0.4 is 4.18 Å². The van der Waals surface area contributed by atoms with Gasteiger partial charge in [-0.3, -0.25) is 0 Å². The average Bonchev–Trinajstić information content (AvgIpc) is 2.37. The van der Waals surface area contributed by atoms with Crippen molar-refractivity contribution in [3.8, 4) is 11.8 Å². The molecule has 0 N–H and O–H groups in total. The van der Waals surface area contributed by atoms with Crippen molar-refractivity contribution in [3.05, 3.63) is 59.2 Å². The first-order valence-corrected chi connectivity index (χ1v) is 7.35. The minimum absolute atomic E-state index is 0.129. The molecule has 0 saturated heterocycles. The zero-order valence-electron chi connectivity index (χ0n) is 11.1. The van der Waals surface area contributed by atoms with Crippen LogP contribution in [-0.4, -0.2) is 8.42 Å². The highest BCUT2D eigenvalue weighted by Gasteiger charge is 2.19. The number of benzene rings is 2. The Balaban J connectivity index is 2.38. The van der Waals surface area contributed by atoms with Crippen LogP contribution in [-0.2, 0) is 10.1 Å². The molecule has 0 spiro atoms. The summed E-state index contributed by atoms with van der Waals surface area (Å²) in [5.41, 5.74) is 1.95. The van der Waals surface area contributed by atoms with Gasteiger partial charge in [-0.15, -0.1) is 0 Å². The summed E-state index contributed by atoms with van der Waals surface area (Å²) in [6, 6.07) is 13.0. The first-order chi connectivity index (χ1) is 9.42. The van der Waals surface area contributed by atoms with E-state index < -0.39 is 10.1 Å². The molecule has 0 unspecified atom stereocenters. The molecule has 4 nitrogen and oxygen atoms in total. The lowest BCUT2D eigenvalue weighted by atomic mass is 10.2. The summed E-state index contributed by atoms with van der Waals surface area (Å²) in [7, 11) is -3.90. The molecule has 0 amide bonds. The van der Waals surface area contributed by atoms with E-state index in [4.69, 9.17) is 9.44 Å². The van der Waals surface area contributed by atoms with Crippen LogP contribution in [0.5, 0.6) is 5.75 Å². The van der Waals surface area contributed by atoms with Gasteiger partial charge in [0.15, 0.2) is 0 Å². The molecule has 0 aliphatic rings. The topological polar surface area (TPSA) is 67.2 Å². The zero-order chi connectivity index (χ0) is 14.8. The molecule has 0 saturated carbocycles. The van der Waals surface area contributed by atoms with Crippen molar-refractivity contribution in [2.75, 3.05) is 0 Å². The van der Waals surface area contributed by atoms with Crippen molar-refractivity contribution in [1.82, 2.24) is 0 Å². The molecule has 0 aliphatic heterocycles. The molecule has 102 valence electrons. The molecule has 0 bridgehead atoms. The maximum Gasteiger partial charge on any atom is 0.339 e. The Labute approximate surface area is 118 Å². The Kier molecular flexibility index (Phi) is 3.77. The van der Waals surface area contributed by atoms with E-state index in [1.165, 1.54) is 18.2 Å². The normalized spacial score (nSPS) is 10.8. The van der Waals surface area contributed by atoms with E-state index in [-0.39, 0.29) is 10.6 Å². The van der Waals surface area contributed by atoms with Crippen LogP contribution in [0.3, 0.4) is 0 Å². The van der Waals surface area contributed by atoms with Crippen LogP contribution in [0, 0.1) is 25.2 Å². The van der Waals surface area contributed by atoms with Crippen LogP contribution in [0.1, 0.15) is 16.7 Å². The average molecular weight is 287 g/mol. The number of rotatable bonds is 3. The highest BCUT2D eigenvalue weighted by molar-refractivity contribution is 7.87. The maximum atomic E-state index is 12.2. The lowest BCUT2D eigenvalue weighted by molar-refractivity contribution is 0.485. The molecule has 0 aromatic heterocycles. The van der Waals surface area contributed by atoms with Gasteiger partial charge in [0, 0.05) is 0 Å². The lowest BCUT2D eigenvalue weighted by Gasteiger charge is -2.10. The molecule has 2 aromatic carbocycles. The highest BCUT2D eigenvalue weighted by atomic mass is 32.2. The van der Waals surface area contributed by atoms with Gasteiger partial charge in [0.25, 0.3) is 0 Å². The third kappa shape index (κ3) is 2.98. The predicted octanol–water partition coefficient (Wildman–Crippen LogP) is 2.94. The molecule has 5 heteroatoms. The Morgan fingerprint density at radius 1 is 1.10 bits per heavy atom. The fourth-order valence-corrected chi connectivity index (χ4v) is 3.00. The third-order valence-electron chi connectivity index (χ3n) is 2.77. The second-order valence-electron chi connectivity index (χ2n) is 4.45. The molecule has 0 radical (unpaired) electrons. The summed E-state index contributed by atoms with van der Waals surface area (Å²) in [6.45, 7) is 3.61. The van der Waals surface area contributed by atoms with E-state index in [0.717, 1.165) is 5.56 Å². The first kappa shape index (κ1) is 14.1. The monoisotopic (exact) mass is 287 g/mol. The van der Waals surface area contributed by atoms with E-state index in [1.807, 2.05) is 13.0 Å². The predicted molar refractivity (Wildman–Crippen MR) is 74.9 cm³/mol. The molecular formula is C15H13NO3S. The van der Waals surface area contributed by atoms with Crippen LogP contribution >= 0.6 is 0 Å². The van der Waals surface area contributed by atoms with Crippen molar-refractivity contribution in [1.29, 1.82) is 5.26 Å². The summed E-state index contributed by atoms with van der Waals surface area (Å²) < 4.78 is 29.5. The van der Waals surface area contributed by atoms with Crippen molar-refractivity contribution in [2.24, 2.45) is 0 Å². The largest absolute Gasteiger partial charge is 0.379 e. The second-order valence-corrected chi connectivity index (χ2v) is 5.96. The summed E-state index contributed by atoms with van der Waals surface area (Å²) >= 11 is 0. The van der Waals surface area contributed by atoms with Crippen LogP contribution in [0.2, 0.25) is 0 Å². The van der Waals surface area contributed by atoms with Gasteiger partial charge in [0.05, 0.1) is 11.6 Å². The van der Waals surface area contributed by atoms with E-state index >= 15 is 0 Å². The summed E-state index contributed by atoms with van der Waals surface area (Å²) in [6.07, 6.45) is 0. The van der Waals surface area contributed by atoms with Gasteiger partial charge in [-0.2, -0.15) is 13.7 Å². The molecule has 0 aliphatic carbocycles. The maximum absolute atomic E-state index is 12.2. The van der Waals surface area contributed by atoms with E-state index in [9.17, 15) is 8.42 Å². The molecule has 2 rings (SSSR count). The highest BCUT2D eigenvalue weighted by Crippen LogP contribution is 2.22. The molecule has 0 fully saturated rings. The van der Waals surface area contributed by atoms with Gasteiger partial charge < -0.3 is 4.18 Å². The van der Waals surface area contributed by atoms with Crippen molar-refractivity contribution >= 4 is 10.1 Å². The summed E-state index contributed by atoms with van der Waals surface area (Å²) in [5, 5.41) is 8.80. The van der Waals surface area contributed by atoms with Crippen LogP contribution in [0.15, 0.2) is 47.4 Å². The van der Waals surface area contributed by atoms with Gasteiger partial charge >= 0.3 is 10.1 Å². The van der Waals surface area contributed by atoms with E-state index in [0.29, 0.717) is 11.1 Å². The minimum atomic E-state index is -3.90. The smallest absolute Gasteiger partial charge is 0.339 e. The zero-order valence-corrected chi connectivity index (χ0v) is 11.9. The lowest BCUT2D eigenvalue weighted by Crippen LogP contribution is -2.11. The Bertz CT molecular complexity index is 789. The van der Waals surface area contributed by atoms with Gasteiger partial charge in [-0.1, -0.05) is 23.8 Å². The molecule has 20 heavy (non-hydrogen) atoms. The summed E-state index contributed by atoms with van der Waals surface area (Å²) in [4.78, 5) is 0.130. The number of aryl methyl sites for hydroxylation is 2. The standard InChI is InChI=1S/C15H13NO3S/c1-11-6-7-15(12(2)8-11)20(17,18)19-14-5-3-4-13(9-14)10-16/h3-9H,1-2H3. The van der Waals surface area contributed by atoms with Crippen molar-refractivity contribution < 1.29 is 12.6 Å². The van der Waals surface area contributed by atoms with Crippen molar-refractivity contribution in [2.45, 2.75) is 18.7 Å². The molecule has 0 atom stereocenters. The fourth-order valence-electron chi connectivity index (χ4n) is 1.87. The first-order valence-electron chi connectivity index (χ1n) is 5.94.